The van der Waals surface area contributed by atoms with Gasteiger partial charge in [0.15, 0.2) is 0 Å². The first-order valence-corrected chi connectivity index (χ1v) is 6.90. The zero-order chi connectivity index (χ0) is 15.0. The lowest BCUT2D eigenvalue weighted by molar-refractivity contribution is 0.232. The Kier molecular flexibility index (Phi) is 3.25. The van der Waals surface area contributed by atoms with Crippen LogP contribution < -0.4 is 10.3 Å². The summed E-state index contributed by atoms with van der Waals surface area (Å²) >= 11 is 0. The Hall–Kier alpha value is -2.56. The van der Waals surface area contributed by atoms with Crippen LogP contribution >= 0.6 is 0 Å². The zero-order valence-electron chi connectivity index (χ0n) is 12.2. The standard InChI is InChI=1S/C16H17N3O2/c1-9(2)21-16-13(15(20)18-19-16)8-12-10(3)17-14-7-5-4-6-11(12)14/h4-9H,1-3H3,(H2,18,19,20). The van der Waals surface area contributed by atoms with E-state index in [0.717, 1.165) is 22.5 Å². The fourth-order valence-electron chi connectivity index (χ4n) is 2.37. The first kappa shape index (κ1) is 13.4. The van der Waals surface area contributed by atoms with Crippen molar-refractivity contribution in [3.8, 4) is 5.88 Å². The van der Waals surface area contributed by atoms with Crippen molar-refractivity contribution in [1.82, 2.24) is 10.2 Å². The SMILES string of the molecule is CC1=Nc2ccccc2C1=Cc1c(OC(C)C)[nH][nH]c1=O. The maximum absolute atomic E-state index is 12.0. The van der Waals surface area contributed by atoms with Crippen molar-refractivity contribution in [3.63, 3.8) is 0 Å². The topological polar surface area (TPSA) is 70.2 Å². The Morgan fingerprint density at radius 2 is 2.00 bits per heavy atom. The van der Waals surface area contributed by atoms with Crippen molar-refractivity contribution in [2.24, 2.45) is 4.99 Å². The number of nitrogens with one attached hydrogen (secondary N) is 2. The van der Waals surface area contributed by atoms with Crippen molar-refractivity contribution in [2.75, 3.05) is 0 Å². The third-order valence-corrected chi connectivity index (χ3v) is 3.29. The van der Waals surface area contributed by atoms with Gasteiger partial charge >= 0.3 is 0 Å². The minimum Gasteiger partial charge on any atom is -0.475 e. The Morgan fingerprint density at radius 3 is 2.76 bits per heavy atom. The van der Waals surface area contributed by atoms with E-state index in [1.807, 2.05) is 51.1 Å². The highest BCUT2D eigenvalue weighted by Crippen LogP contribution is 2.35. The van der Waals surface area contributed by atoms with Gasteiger partial charge in [0.2, 0.25) is 5.88 Å². The highest BCUT2D eigenvalue weighted by Gasteiger charge is 2.19. The third-order valence-electron chi connectivity index (χ3n) is 3.29. The van der Waals surface area contributed by atoms with Crippen molar-refractivity contribution in [3.05, 3.63) is 45.7 Å². The smallest absolute Gasteiger partial charge is 0.275 e. The van der Waals surface area contributed by atoms with Gasteiger partial charge in [-0.1, -0.05) is 18.2 Å². The molecule has 0 bridgehead atoms. The third kappa shape index (κ3) is 2.42. The van der Waals surface area contributed by atoms with Crippen molar-refractivity contribution < 1.29 is 4.74 Å². The van der Waals surface area contributed by atoms with Crippen LogP contribution in [0.15, 0.2) is 34.1 Å². The molecule has 0 fully saturated rings. The first-order chi connectivity index (χ1) is 10.1. The number of aliphatic imine (C=N–C) groups is 1. The molecule has 2 aromatic rings. The summed E-state index contributed by atoms with van der Waals surface area (Å²) in [7, 11) is 0. The van der Waals surface area contributed by atoms with E-state index in [0.29, 0.717) is 11.4 Å². The molecule has 0 aliphatic carbocycles. The fraction of sp³-hybridized carbons (Fsp3) is 0.250. The van der Waals surface area contributed by atoms with Gasteiger partial charge in [-0.05, 0) is 32.9 Å². The lowest BCUT2D eigenvalue weighted by Gasteiger charge is -2.08. The van der Waals surface area contributed by atoms with Crippen molar-refractivity contribution >= 4 is 23.0 Å². The van der Waals surface area contributed by atoms with Gasteiger partial charge in [0.1, 0.15) is 5.56 Å². The minimum absolute atomic E-state index is 0.0146. The van der Waals surface area contributed by atoms with Gasteiger partial charge in [-0.15, -0.1) is 0 Å². The van der Waals surface area contributed by atoms with Gasteiger partial charge in [-0.25, -0.2) is 0 Å². The summed E-state index contributed by atoms with van der Waals surface area (Å²) in [4.78, 5) is 16.5. The van der Waals surface area contributed by atoms with E-state index in [-0.39, 0.29) is 11.7 Å². The number of H-pyrrole nitrogens is 2. The van der Waals surface area contributed by atoms with E-state index in [4.69, 9.17) is 4.74 Å². The van der Waals surface area contributed by atoms with Crippen LogP contribution in [0.1, 0.15) is 31.9 Å². The van der Waals surface area contributed by atoms with Gasteiger partial charge in [-0.3, -0.25) is 20.0 Å². The average molecular weight is 283 g/mol. The minimum atomic E-state index is -0.199. The van der Waals surface area contributed by atoms with Crippen LogP contribution in [0, 0.1) is 0 Å². The number of allylic oxidation sites excluding steroid dienone is 1. The summed E-state index contributed by atoms with van der Waals surface area (Å²) in [6.07, 6.45) is 1.82. The molecule has 0 atom stereocenters. The second-order valence-electron chi connectivity index (χ2n) is 5.26. The Labute approximate surface area is 122 Å². The summed E-state index contributed by atoms with van der Waals surface area (Å²) in [6.45, 7) is 5.77. The summed E-state index contributed by atoms with van der Waals surface area (Å²) in [6, 6.07) is 7.89. The molecule has 0 amide bonds. The largest absolute Gasteiger partial charge is 0.475 e. The van der Waals surface area contributed by atoms with E-state index >= 15 is 0 Å². The van der Waals surface area contributed by atoms with Gasteiger partial charge in [0, 0.05) is 16.8 Å². The number of nitrogens with zero attached hydrogens (tertiary/aromatic N) is 1. The van der Waals surface area contributed by atoms with E-state index < -0.39 is 0 Å². The molecular weight excluding hydrogens is 266 g/mol. The number of aromatic amines is 2. The van der Waals surface area contributed by atoms with Crippen LogP contribution in [0.3, 0.4) is 0 Å². The van der Waals surface area contributed by atoms with Crippen LogP contribution in [-0.2, 0) is 0 Å². The molecule has 3 rings (SSSR count). The number of para-hydroxylation sites is 1. The maximum Gasteiger partial charge on any atom is 0.275 e. The molecule has 2 N–H and O–H groups in total. The summed E-state index contributed by atoms with van der Waals surface area (Å²) in [5.41, 5.74) is 4.10. The predicted octanol–water partition coefficient (Wildman–Crippen LogP) is 3.14. The number of benzene rings is 1. The van der Waals surface area contributed by atoms with Gasteiger partial charge in [-0.2, -0.15) is 0 Å². The normalized spacial score (nSPS) is 15.4. The molecule has 5 heteroatoms. The van der Waals surface area contributed by atoms with Gasteiger partial charge in [0.25, 0.3) is 5.56 Å². The first-order valence-electron chi connectivity index (χ1n) is 6.90. The summed E-state index contributed by atoms with van der Waals surface area (Å²) < 4.78 is 5.63. The molecule has 5 nitrogen and oxygen atoms in total. The van der Waals surface area contributed by atoms with Crippen molar-refractivity contribution in [1.29, 1.82) is 0 Å². The van der Waals surface area contributed by atoms with Crippen LogP contribution in [0.5, 0.6) is 5.88 Å². The van der Waals surface area contributed by atoms with E-state index in [1.165, 1.54) is 0 Å². The van der Waals surface area contributed by atoms with Crippen molar-refractivity contribution in [2.45, 2.75) is 26.9 Å². The fourth-order valence-corrected chi connectivity index (χ4v) is 2.37. The molecule has 1 aromatic carbocycles. The highest BCUT2D eigenvalue weighted by atomic mass is 16.5. The van der Waals surface area contributed by atoms with Crippen LogP contribution in [-0.4, -0.2) is 22.0 Å². The van der Waals surface area contributed by atoms with E-state index in [2.05, 4.69) is 15.2 Å². The molecule has 21 heavy (non-hydrogen) atoms. The summed E-state index contributed by atoms with van der Waals surface area (Å²) in [5.74, 6) is 0.458. The van der Waals surface area contributed by atoms with Crippen LogP contribution in [0.4, 0.5) is 5.69 Å². The number of rotatable bonds is 3. The van der Waals surface area contributed by atoms with Crippen LogP contribution in [0.2, 0.25) is 0 Å². The summed E-state index contributed by atoms with van der Waals surface area (Å²) in [5, 5.41) is 5.34. The number of ether oxygens (including phenoxy) is 1. The quantitative estimate of drug-likeness (QED) is 0.908. The molecule has 1 aromatic heterocycles. The molecule has 0 unspecified atom stereocenters. The molecule has 0 saturated heterocycles. The molecular formula is C16H17N3O2. The number of hydrogen-bond donors (Lipinski definition) is 2. The Balaban J connectivity index is 2.10. The second-order valence-corrected chi connectivity index (χ2v) is 5.26. The zero-order valence-corrected chi connectivity index (χ0v) is 12.2. The lowest BCUT2D eigenvalue weighted by Crippen LogP contribution is -2.08. The lowest BCUT2D eigenvalue weighted by atomic mass is 10.0. The predicted molar refractivity (Wildman–Crippen MR) is 84.3 cm³/mol. The van der Waals surface area contributed by atoms with E-state index in [9.17, 15) is 4.79 Å². The number of hydrogen-bond acceptors (Lipinski definition) is 3. The molecule has 2 heterocycles. The molecule has 108 valence electrons. The Morgan fingerprint density at radius 1 is 1.24 bits per heavy atom. The number of aromatic nitrogens is 2. The molecule has 1 aliphatic rings. The molecule has 0 saturated carbocycles. The second kappa shape index (κ2) is 5.09. The van der Waals surface area contributed by atoms with Gasteiger partial charge < -0.3 is 4.74 Å². The van der Waals surface area contributed by atoms with Gasteiger partial charge in [0.05, 0.1) is 11.8 Å². The molecule has 0 spiro atoms. The van der Waals surface area contributed by atoms with E-state index in [1.54, 1.807) is 0 Å². The van der Waals surface area contributed by atoms with Crippen LogP contribution in [0.25, 0.3) is 11.6 Å². The Bertz CT molecular complexity index is 794. The highest BCUT2D eigenvalue weighted by molar-refractivity contribution is 6.31. The maximum atomic E-state index is 12.0. The average Bonchev–Trinajstić information content (AvgIpc) is 2.93. The molecule has 1 aliphatic heterocycles. The number of fused-ring (bicyclic) bond motifs is 1. The molecule has 0 radical (unpaired) electrons. The monoisotopic (exact) mass is 283 g/mol.